The Kier molecular flexibility index (Phi) is 2.77. The second-order valence-electron chi connectivity index (χ2n) is 4.99. The number of hydrogen-bond acceptors (Lipinski definition) is 3. The number of nitrogens with zero attached hydrogens (tertiary/aromatic N) is 1. The summed E-state index contributed by atoms with van der Waals surface area (Å²) in [6.45, 7) is 6.20. The largest absolute Gasteiger partial charge is 0.359 e. The van der Waals surface area contributed by atoms with E-state index in [-0.39, 0.29) is 11.6 Å². The minimum atomic E-state index is -0.433. The predicted octanol–water partition coefficient (Wildman–Crippen LogP) is 2.45. The minimum absolute atomic E-state index is 0.0632. The molecule has 2 rings (SSSR count). The first-order valence-corrected chi connectivity index (χ1v) is 5.85. The van der Waals surface area contributed by atoms with Crippen LogP contribution in [-0.2, 0) is 4.79 Å². The van der Waals surface area contributed by atoms with Crippen LogP contribution in [0, 0.1) is 0 Å². The molecule has 1 fully saturated rings. The van der Waals surface area contributed by atoms with Crippen LogP contribution < -0.4 is 4.90 Å². The van der Waals surface area contributed by atoms with Gasteiger partial charge in [0.1, 0.15) is 0 Å². The normalized spacial score (nSPS) is 18.5. The average Bonchev–Trinajstić information content (AvgIpc) is 2.54. The van der Waals surface area contributed by atoms with E-state index in [2.05, 4.69) is 4.90 Å². The lowest BCUT2D eigenvalue weighted by molar-refractivity contribution is -0.120. The maximum Gasteiger partial charge on any atom is 0.159 e. The Morgan fingerprint density at radius 2 is 1.82 bits per heavy atom. The first-order valence-electron chi connectivity index (χ1n) is 5.85. The molecule has 3 nitrogen and oxygen atoms in total. The van der Waals surface area contributed by atoms with Gasteiger partial charge in [0.15, 0.2) is 11.6 Å². The number of anilines is 1. The molecule has 1 aromatic rings. The topological polar surface area (TPSA) is 37.4 Å². The van der Waals surface area contributed by atoms with Gasteiger partial charge < -0.3 is 4.90 Å². The van der Waals surface area contributed by atoms with Gasteiger partial charge in [-0.3, -0.25) is 9.59 Å². The van der Waals surface area contributed by atoms with E-state index in [1.54, 1.807) is 6.92 Å². The molecule has 90 valence electrons. The average molecular weight is 231 g/mol. The van der Waals surface area contributed by atoms with Crippen LogP contribution >= 0.6 is 0 Å². The number of carbonyl (C=O) groups is 2. The van der Waals surface area contributed by atoms with Crippen molar-refractivity contribution in [2.75, 3.05) is 11.4 Å². The molecule has 0 atom stereocenters. The molecule has 1 saturated heterocycles. The van der Waals surface area contributed by atoms with Gasteiger partial charge in [0.05, 0.1) is 5.54 Å². The minimum Gasteiger partial charge on any atom is -0.359 e. The predicted molar refractivity (Wildman–Crippen MR) is 67.5 cm³/mol. The highest BCUT2D eigenvalue weighted by Crippen LogP contribution is 2.31. The Morgan fingerprint density at radius 1 is 1.24 bits per heavy atom. The molecule has 0 amide bonds. The maximum atomic E-state index is 11.8. The van der Waals surface area contributed by atoms with E-state index in [4.69, 9.17) is 0 Å². The molecule has 0 aromatic heterocycles. The first kappa shape index (κ1) is 11.8. The maximum absolute atomic E-state index is 11.8. The fourth-order valence-corrected chi connectivity index (χ4v) is 2.28. The molecule has 3 heteroatoms. The Hall–Kier alpha value is -1.64. The van der Waals surface area contributed by atoms with Crippen LogP contribution in [0.3, 0.4) is 0 Å². The van der Waals surface area contributed by atoms with E-state index < -0.39 is 5.54 Å². The standard InChI is InChI=1S/C14H17NO2/c1-10(16)11-4-6-12(7-5-11)15-9-8-13(17)14(15,2)3/h4-7H,8-9H2,1-3H3. The summed E-state index contributed by atoms with van der Waals surface area (Å²) in [5, 5.41) is 0. The summed E-state index contributed by atoms with van der Waals surface area (Å²) in [6, 6.07) is 7.46. The van der Waals surface area contributed by atoms with E-state index in [1.165, 1.54) is 0 Å². The van der Waals surface area contributed by atoms with Crippen LogP contribution in [0.4, 0.5) is 5.69 Å². The second-order valence-corrected chi connectivity index (χ2v) is 4.99. The first-order chi connectivity index (χ1) is 7.93. The number of hydrogen-bond donors (Lipinski definition) is 0. The molecular formula is C14H17NO2. The fourth-order valence-electron chi connectivity index (χ4n) is 2.28. The van der Waals surface area contributed by atoms with Gasteiger partial charge in [-0.25, -0.2) is 0 Å². The molecule has 0 aliphatic carbocycles. The van der Waals surface area contributed by atoms with Crippen molar-refractivity contribution in [3.05, 3.63) is 29.8 Å². The number of Topliss-reactive ketones (excluding diaryl/α,β-unsaturated/α-hetero) is 2. The van der Waals surface area contributed by atoms with Crippen molar-refractivity contribution in [1.82, 2.24) is 0 Å². The van der Waals surface area contributed by atoms with E-state index in [9.17, 15) is 9.59 Å². The van der Waals surface area contributed by atoms with Crippen molar-refractivity contribution in [1.29, 1.82) is 0 Å². The summed E-state index contributed by atoms with van der Waals surface area (Å²) in [4.78, 5) is 25.0. The molecule has 0 N–H and O–H groups in total. The Bertz CT molecular complexity index is 460. The molecule has 1 heterocycles. The molecule has 0 bridgehead atoms. The van der Waals surface area contributed by atoms with Crippen molar-refractivity contribution in [3.63, 3.8) is 0 Å². The summed E-state index contributed by atoms with van der Waals surface area (Å²) in [6.07, 6.45) is 0.599. The zero-order valence-electron chi connectivity index (χ0n) is 10.5. The lowest BCUT2D eigenvalue weighted by Gasteiger charge is -2.32. The van der Waals surface area contributed by atoms with Crippen molar-refractivity contribution in [2.45, 2.75) is 32.7 Å². The highest BCUT2D eigenvalue weighted by molar-refractivity contribution is 5.96. The van der Waals surface area contributed by atoms with Gasteiger partial charge in [-0.05, 0) is 45.0 Å². The van der Waals surface area contributed by atoms with E-state index in [0.29, 0.717) is 12.0 Å². The van der Waals surface area contributed by atoms with Gasteiger partial charge in [0.25, 0.3) is 0 Å². The smallest absolute Gasteiger partial charge is 0.159 e. The SMILES string of the molecule is CC(=O)c1ccc(N2CCC(=O)C2(C)C)cc1. The van der Waals surface area contributed by atoms with Crippen molar-refractivity contribution in [2.24, 2.45) is 0 Å². The lowest BCUT2D eigenvalue weighted by atomic mass is 10.00. The number of ketones is 2. The Morgan fingerprint density at radius 3 is 2.24 bits per heavy atom. The Labute approximate surface area is 101 Å². The summed E-state index contributed by atoms with van der Waals surface area (Å²) in [7, 11) is 0. The fraction of sp³-hybridized carbons (Fsp3) is 0.429. The van der Waals surface area contributed by atoms with Gasteiger partial charge in [-0.15, -0.1) is 0 Å². The van der Waals surface area contributed by atoms with Crippen LogP contribution in [0.2, 0.25) is 0 Å². The molecule has 0 spiro atoms. The van der Waals surface area contributed by atoms with Gasteiger partial charge in [-0.2, -0.15) is 0 Å². The van der Waals surface area contributed by atoms with Crippen LogP contribution in [0.5, 0.6) is 0 Å². The summed E-state index contributed by atoms with van der Waals surface area (Å²) in [5.74, 6) is 0.335. The van der Waals surface area contributed by atoms with Crippen LogP contribution in [0.25, 0.3) is 0 Å². The van der Waals surface area contributed by atoms with Gasteiger partial charge >= 0.3 is 0 Å². The van der Waals surface area contributed by atoms with Crippen molar-refractivity contribution in [3.8, 4) is 0 Å². The van der Waals surface area contributed by atoms with E-state index >= 15 is 0 Å². The van der Waals surface area contributed by atoms with E-state index in [0.717, 1.165) is 12.2 Å². The third-order valence-corrected chi connectivity index (χ3v) is 3.51. The third kappa shape index (κ3) is 1.97. The zero-order valence-corrected chi connectivity index (χ0v) is 10.5. The number of benzene rings is 1. The summed E-state index contributed by atoms with van der Waals surface area (Å²) in [5.41, 5.74) is 1.28. The van der Waals surface area contributed by atoms with E-state index in [1.807, 2.05) is 38.1 Å². The monoisotopic (exact) mass is 231 g/mol. The second kappa shape index (κ2) is 3.99. The third-order valence-electron chi connectivity index (χ3n) is 3.51. The highest BCUT2D eigenvalue weighted by Gasteiger charge is 2.39. The molecule has 17 heavy (non-hydrogen) atoms. The van der Waals surface area contributed by atoms with Crippen LogP contribution in [-0.4, -0.2) is 23.7 Å². The number of rotatable bonds is 2. The molecule has 1 aliphatic rings. The summed E-state index contributed by atoms with van der Waals surface area (Å²) >= 11 is 0. The summed E-state index contributed by atoms with van der Waals surface area (Å²) < 4.78 is 0. The van der Waals surface area contributed by atoms with Gasteiger partial charge in [-0.1, -0.05) is 0 Å². The quantitative estimate of drug-likeness (QED) is 0.734. The van der Waals surface area contributed by atoms with Crippen molar-refractivity contribution < 1.29 is 9.59 Å². The highest BCUT2D eigenvalue weighted by atomic mass is 16.1. The van der Waals surface area contributed by atoms with Crippen LogP contribution in [0.1, 0.15) is 37.6 Å². The van der Waals surface area contributed by atoms with Gasteiger partial charge in [0.2, 0.25) is 0 Å². The van der Waals surface area contributed by atoms with Crippen molar-refractivity contribution >= 4 is 17.3 Å². The molecule has 0 saturated carbocycles. The number of carbonyl (C=O) groups excluding carboxylic acids is 2. The van der Waals surface area contributed by atoms with Crippen LogP contribution in [0.15, 0.2) is 24.3 Å². The molecule has 1 aliphatic heterocycles. The zero-order chi connectivity index (χ0) is 12.6. The Balaban J connectivity index is 2.30. The lowest BCUT2D eigenvalue weighted by Crippen LogP contribution is -2.42. The molecule has 1 aromatic carbocycles. The van der Waals surface area contributed by atoms with Gasteiger partial charge in [0, 0.05) is 24.2 Å². The molecule has 0 radical (unpaired) electrons. The molecule has 0 unspecified atom stereocenters. The molecular weight excluding hydrogens is 214 g/mol.